The van der Waals surface area contributed by atoms with E-state index in [1.54, 1.807) is 18.5 Å². The van der Waals surface area contributed by atoms with Crippen molar-refractivity contribution in [2.75, 3.05) is 11.9 Å². The van der Waals surface area contributed by atoms with Crippen molar-refractivity contribution in [3.8, 4) is 0 Å². The summed E-state index contributed by atoms with van der Waals surface area (Å²) >= 11 is 0. The third-order valence-electron chi connectivity index (χ3n) is 4.90. The number of rotatable bonds is 4. The van der Waals surface area contributed by atoms with Crippen molar-refractivity contribution in [2.24, 2.45) is 7.05 Å². The summed E-state index contributed by atoms with van der Waals surface area (Å²) in [6.07, 6.45) is 4.21. The Labute approximate surface area is 158 Å². The first kappa shape index (κ1) is 17.2. The number of carbonyl (C=O) groups excluding carboxylic acids is 1. The second kappa shape index (κ2) is 7.19. The number of benzene rings is 1. The zero-order chi connectivity index (χ0) is 18.8. The van der Waals surface area contributed by atoms with Crippen LogP contribution in [0.2, 0.25) is 0 Å². The third-order valence-corrected chi connectivity index (χ3v) is 4.90. The molecule has 1 aliphatic rings. The van der Waals surface area contributed by atoms with E-state index in [0.29, 0.717) is 25.6 Å². The summed E-state index contributed by atoms with van der Waals surface area (Å²) in [6, 6.07) is 9.52. The average molecular weight is 362 g/mol. The number of aryl methyl sites for hydroxylation is 2. The molecule has 0 unspecified atom stereocenters. The van der Waals surface area contributed by atoms with E-state index in [9.17, 15) is 4.79 Å². The molecule has 0 radical (unpaired) electrons. The predicted molar refractivity (Wildman–Crippen MR) is 102 cm³/mol. The molecule has 1 N–H and O–H groups in total. The second-order valence-corrected chi connectivity index (χ2v) is 6.76. The lowest BCUT2D eigenvalue weighted by atomic mass is 10.0. The van der Waals surface area contributed by atoms with Gasteiger partial charge in [-0.25, -0.2) is 9.97 Å². The first-order valence-electron chi connectivity index (χ1n) is 9.02. The molecule has 0 fully saturated rings. The molecule has 4 rings (SSSR count). The lowest BCUT2D eigenvalue weighted by Gasteiger charge is -2.28. The standard InChI is InChI=1S/C20H22N6O/c1-14-4-6-15(7-5-14)19(27)26-11-8-16-17(24-25(2)18(16)13-26)12-23-20-21-9-3-10-22-20/h3-7,9-10H,8,11-13H2,1-2H3,(H,21,22,23). The van der Waals surface area contributed by atoms with E-state index in [-0.39, 0.29) is 5.91 Å². The van der Waals surface area contributed by atoms with E-state index in [1.165, 1.54) is 5.56 Å². The Kier molecular flexibility index (Phi) is 4.58. The average Bonchev–Trinajstić information content (AvgIpc) is 3.02. The van der Waals surface area contributed by atoms with Gasteiger partial charge in [-0.2, -0.15) is 5.10 Å². The van der Waals surface area contributed by atoms with E-state index < -0.39 is 0 Å². The minimum absolute atomic E-state index is 0.0687. The SMILES string of the molecule is Cc1ccc(C(=O)N2CCc3c(CNc4ncccn4)nn(C)c3C2)cc1. The normalized spacial score (nSPS) is 13.3. The molecule has 3 aromatic rings. The molecule has 1 aromatic carbocycles. The molecular formula is C20H22N6O. The number of carbonyl (C=O) groups is 1. The Balaban J connectivity index is 1.49. The molecule has 138 valence electrons. The van der Waals surface area contributed by atoms with Gasteiger partial charge in [-0.15, -0.1) is 0 Å². The van der Waals surface area contributed by atoms with Crippen molar-refractivity contribution in [1.29, 1.82) is 0 Å². The van der Waals surface area contributed by atoms with E-state index in [0.717, 1.165) is 28.9 Å². The predicted octanol–water partition coefficient (Wildman–Crippen LogP) is 2.33. The summed E-state index contributed by atoms with van der Waals surface area (Å²) in [7, 11) is 1.93. The highest BCUT2D eigenvalue weighted by molar-refractivity contribution is 5.94. The van der Waals surface area contributed by atoms with Crippen molar-refractivity contribution < 1.29 is 4.79 Å². The number of anilines is 1. The van der Waals surface area contributed by atoms with Crippen LogP contribution in [0.15, 0.2) is 42.7 Å². The summed E-state index contributed by atoms with van der Waals surface area (Å²) < 4.78 is 1.88. The van der Waals surface area contributed by atoms with Crippen LogP contribution in [0, 0.1) is 6.92 Å². The molecule has 0 spiro atoms. The van der Waals surface area contributed by atoms with Gasteiger partial charge in [-0.3, -0.25) is 9.48 Å². The van der Waals surface area contributed by atoms with E-state index >= 15 is 0 Å². The quantitative estimate of drug-likeness (QED) is 0.771. The van der Waals surface area contributed by atoms with E-state index in [2.05, 4.69) is 20.4 Å². The molecule has 0 atom stereocenters. The lowest BCUT2D eigenvalue weighted by molar-refractivity contribution is 0.0730. The first-order chi connectivity index (χ1) is 13.1. The molecule has 3 heterocycles. The highest BCUT2D eigenvalue weighted by Crippen LogP contribution is 2.24. The smallest absolute Gasteiger partial charge is 0.254 e. The van der Waals surface area contributed by atoms with Gasteiger partial charge < -0.3 is 10.2 Å². The number of amides is 1. The molecular weight excluding hydrogens is 340 g/mol. The van der Waals surface area contributed by atoms with Crippen LogP contribution in [0.3, 0.4) is 0 Å². The minimum Gasteiger partial charge on any atom is -0.348 e. The van der Waals surface area contributed by atoms with Crippen molar-refractivity contribution in [2.45, 2.75) is 26.4 Å². The van der Waals surface area contributed by atoms with Crippen molar-refractivity contribution >= 4 is 11.9 Å². The number of nitrogens with zero attached hydrogens (tertiary/aromatic N) is 5. The highest BCUT2D eigenvalue weighted by Gasteiger charge is 2.27. The van der Waals surface area contributed by atoms with Gasteiger partial charge in [0.1, 0.15) is 0 Å². The van der Waals surface area contributed by atoms with Gasteiger partial charge in [-0.05, 0) is 31.5 Å². The van der Waals surface area contributed by atoms with E-state index in [4.69, 9.17) is 0 Å². The monoisotopic (exact) mass is 362 g/mol. The maximum Gasteiger partial charge on any atom is 0.254 e. The molecule has 7 heteroatoms. The number of fused-ring (bicyclic) bond motifs is 1. The number of hydrogen-bond acceptors (Lipinski definition) is 5. The van der Waals surface area contributed by atoms with Crippen LogP contribution in [-0.2, 0) is 26.6 Å². The number of aromatic nitrogens is 4. The van der Waals surface area contributed by atoms with Crippen molar-refractivity contribution in [1.82, 2.24) is 24.6 Å². The fourth-order valence-corrected chi connectivity index (χ4v) is 3.40. The summed E-state index contributed by atoms with van der Waals surface area (Å²) in [6.45, 7) is 3.86. The summed E-state index contributed by atoms with van der Waals surface area (Å²) in [4.78, 5) is 23.1. The van der Waals surface area contributed by atoms with Crippen LogP contribution in [0.5, 0.6) is 0 Å². The number of hydrogen-bond donors (Lipinski definition) is 1. The van der Waals surface area contributed by atoms with Crippen LogP contribution < -0.4 is 5.32 Å². The Bertz CT molecular complexity index is 949. The molecule has 0 aliphatic carbocycles. The third kappa shape index (κ3) is 3.53. The van der Waals surface area contributed by atoms with Crippen LogP contribution in [0.25, 0.3) is 0 Å². The fraction of sp³-hybridized carbons (Fsp3) is 0.300. The highest BCUT2D eigenvalue weighted by atomic mass is 16.2. The maximum absolute atomic E-state index is 12.8. The second-order valence-electron chi connectivity index (χ2n) is 6.76. The molecule has 1 amide bonds. The van der Waals surface area contributed by atoms with Crippen LogP contribution in [-0.4, -0.2) is 37.1 Å². The van der Waals surface area contributed by atoms with Crippen molar-refractivity contribution in [3.63, 3.8) is 0 Å². The molecule has 27 heavy (non-hydrogen) atoms. The van der Waals surface area contributed by atoms with Gasteiger partial charge in [0.25, 0.3) is 5.91 Å². The van der Waals surface area contributed by atoms with Gasteiger partial charge in [-0.1, -0.05) is 17.7 Å². The zero-order valence-electron chi connectivity index (χ0n) is 15.5. The Morgan fingerprint density at radius 3 is 2.67 bits per heavy atom. The van der Waals surface area contributed by atoms with Crippen LogP contribution >= 0.6 is 0 Å². The molecule has 0 saturated heterocycles. The summed E-state index contributed by atoms with van der Waals surface area (Å²) in [5.74, 6) is 0.656. The molecule has 0 saturated carbocycles. The zero-order valence-corrected chi connectivity index (χ0v) is 15.5. The maximum atomic E-state index is 12.8. The topological polar surface area (TPSA) is 75.9 Å². The first-order valence-corrected chi connectivity index (χ1v) is 9.02. The van der Waals surface area contributed by atoms with E-state index in [1.807, 2.05) is 47.8 Å². The number of nitrogens with one attached hydrogen (secondary N) is 1. The van der Waals surface area contributed by atoms with Gasteiger partial charge in [0, 0.05) is 37.1 Å². The molecule has 2 aromatic heterocycles. The molecule has 1 aliphatic heterocycles. The largest absolute Gasteiger partial charge is 0.348 e. The molecule has 0 bridgehead atoms. The summed E-state index contributed by atoms with van der Waals surface area (Å²) in [5.41, 5.74) is 5.18. The van der Waals surface area contributed by atoms with Gasteiger partial charge in [0.05, 0.1) is 24.5 Å². The van der Waals surface area contributed by atoms with Crippen LogP contribution in [0.1, 0.15) is 32.9 Å². The lowest BCUT2D eigenvalue weighted by Crippen LogP contribution is -2.36. The van der Waals surface area contributed by atoms with Crippen LogP contribution in [0.4, 0.5) is 5.95 Å². The van der Waals surface area contributed by atoms with Gasteiger partial charge >= 0.3 is 0 Å². The van der Waals surface area contributed by atoms with Gasteiger partial charge in [0.15, 0.2) is 0 Å². The van der Waals surface area contributed by atoms with Crippen molar-refractivity contribution in [3.05, 3.63) is 70.8 Å². The minimum atomic E-state index is 0.0687. The Morgan fingerprint density at radius 2 is 1.93 bits per heavy atom. The van der Waals surface area contributed by atoms with Gasteiger partial charge in [0.2, 0.25) is 5.95 Å². The summed E-state index contributed by atoms with van der Waals surface area (Å²) in [5, 5.41) is 7.86. The Morgan fingerprint density at radius 1 is 1.19 bits per heavy atom. The molecule has 7 nitrogen and oxygen atoms in total. The fourth-order valence-electron chi connectivity index (χ4n) is 3.40. The Hall–Kier alpha value is -3.22.